The van der Waals surface area contributed by atoms with Crippen LogP contribution in [0.3, 0.4) is 0 Å². The zero-order valence-corrected chi connectivity index (χ0v) is 8.95. The number of nitrogens with two attached hydrogens (primary N) is 1. The van der Waals surface area contributed by atoms with Crippen LogP contribution in [0.25, 0.3) is 0 Å². The van der Waals surface area contributed by atoms with E-state index in [1.165, 1.54) is 0 Å². The molecule has 0 radical (unpaired) electrons. The van der Waals surface area contributed by atoms with Gasteiger partial charge in [0.15, 0.2) is 0 Å². The van der Waals surface area contributed by atoms with E-state index in [4.69, 9.17) is 5.84 Å². The molecule has 1 rings (SSSR count). The Balaban J connectivity index is 3.08. The van der Waals surface area contributed by atoms with Crippen LogP contribution in [-0.2, 0) is 10.2 Å². The molecule has 0 aromatic heterocycles. The van der Waals surface area contributed by atoms with E-state index in [0.717, 1.165) is 11.3 Å². The van der Waals surface area contributed by atoms with E-state index >= 15 is 0 Å². The van der Waals surface area contributed by atoms with Gasteiger partial charge in [0, 0.05) is 5.69 Å². The van der Waals surface area contributed by atoms with E-state index in [2.05, 4.69) is 5.43 Å². The Bertz CT molecular complexity index is 348. The smallest absolute Gasteiger partial charge is 0.313 e. The standard InChI is InChI=1S/C11H16N2O2/c1-3-11(2,10(14)15)8-4-6-9(13-12)7-5-8/h4-7,13H,3,12H2,1-2H3,(H,14,15). The molecule has 1 unspecified atom stereocenters. The fourth-order valence-electron chi connectivity index (χ4n) is 1.41. The van der Waals surface area contributed by atoms with Crippen molar-refractivity contribution >= 4 is 11.7 Å². The summed E-state index contributed by atoms with van der Waals surface area (Å²) in [5.41, 5.74) is 3.23. The molecule has 0 bridgehead atoms. The molecule has 1 atom stereocenters. The lowest BCUT2D eigenvalue weighted by Crippen LogP contribution is -2.31. The number of nitrogens with one attached hydrogen (secondary N) is 1. The molecule has 4 heteroatoms. The number of aliphatic carboxylic acids is 1. The van der Waals surface area contributed by atoms with Gasteiger partial charge < -0.3 is 10.5 Å². The minimum absolute atomic E-state index is 0.553. The van der Waals surface area contributed by atoms with Crippen molar-refractivity contribution in [3.8, 4) is 0 Å². The van der Waals surface area contributed by atoms with Crippen LogP contribution in [-0.4, -0.2) is 11.1 Å². The molecule has 82 valence electrons. The first-order valence-electron chi connectivity index (χ1n) is 4.85. The van der Waals surface area contributed by atoms with Gasteiger partial charge in [-0.3, -0.25) is 10.6 Å². The predicted octanol–water partition coefficient (Wildman–Crippen LogP) is 1.72. The first-order valence-corrected chi connectivity index (χ1v) is 4.85. The number of nitrogen functional groups attached to an aromatic ring is 1. The quantitative estimate of drug-likeness (QED) is 0.520. The summed E-state index contributed by atoms with van der Waals surface area (Å²) >= 11 is 0. The van der Waals surface area contributed by atoms with Gasteiger partial charge in [-0.25, -0.2) is 0 Å². The molecule has 0 aliphatic rings. The van der Waals surface area contributed by atoms with Crippen LogP contribution < -0.4 is 11.3 Å². The van der Waals surface area contributed by atoms with Crippen molar-refractivity contribution in [1.82, 2.24) is 0 Å². The van der Waals surface area contributed by atoms with Crippen molar-refractivity contribution in [2.75, 3.05) is 5.43 Å². The summed E-state index contributed by atoms with van der Waals surface area (Å²) in [7, 11) is 0. The minimum atomic E-state index is -0.826. The lowest BCUT2D eigenvalue weighted by Gasteiger charge is -2.23. The SMILES string of the molecule is CCC(C)(C(=O)O)c1ccc(NN)cc1. The van der Waals surface area contributed by atoms with Crippen LogP contribution in [0.2, 0.25) is 0 Å². The number of carboxylic acids is 1. The van der Waals surface area contributed by atoms with Crippen LogP contribution in [0.5, 0.6) is 0 Å². The zero-order chi connectivity index (χ0) is 11.5. The predicted molar refractivity (Wildman–Crippen MR) is 59.5 cm³/mol. The second-order valence-corrected chi connectivity index (χ2v) is 3.71. The number of hydrazine groups is 1. The molecule has 4 N–H and O–H groups in total. The second kappa shape index (κ2) is 4.31. The maximum absolute atomic E-state index is 11.2. The number of carboxylic acid groups (broad SMARTS) is 1. The average molecular weight is 208 g/mol. The number of anilines is 1. The molecule has 0 saturated heterocycles. The number of hydrogen-bond acceptors (Lipinski definition) is 3. The summed E-state index contributed by atoms with van der Waals surface area (Å²) in [6.07, 6.45) is 0.553. The summed E-state index contributed by atoms with van der Waals surface area (Å²) in [4.78, 5) is 11.2. The Labute approximate surface area is 89.1 Å². The number of hydrogen-bond donors (Lipinski definition) is 3. The lowest BCUT2D eigenvalue weighted by atomic mass is 9.80. The molecule has 0 saturated carbocycles. The number of benzene rings is 1. The van der Waals surface area contributed by atoms with E-state index in [0.29, 0.717) is 6.42 Å². The van der Waals surface area contributed by atoms with Gasteiger partial charge in [-0.15, -0.1) is 0 Å². The fraction of sp³-hybridized carbons (Fsp3) is 0.364. The van der Waals surface area contributed by atoms with Crippen molar-refractivity contribution < 1.29 is 9.90 Å². The van der Waals surface area contributed by atoms with Gasteiger partial charge in [0.05, 0.1) is 5.41 Å². The lowest BCUT2D eigenvalue weighted by molar-refractivity contribution is -0.143. The molecule has 1 aromatic carbocycles. The zero-order valence-electron chi connectivity index (χ0n) is 8.95. The molecule has 0 spiro atoms. The van der Waals surface area contributed by atoms with Gasteiger partial charge in [-0.2, -0.15) is 0 Å². The van der Waals surface area contributed by atoms with Crippen molar-refractivity contribution in [1.29, 1.82) is 0 Å². The third-order valence-corrected chi connectivity index (χ3v) is 2.87. The molecule has 0 aliphatic heterocycles. The molecule has 0 heterocycles. The Morgan fingerprint density at radius 1 is 1.47 bits per heavy atom. The highest BCUT2D eigenvalue weighted by Gasteiger charge is 2.32. The Hall–Kier alpha value is -1.55. The number of rotatable bonds is 4. The highest BCUT2D eigenvalue weighted by Crippen LogP contribution is 2.28. The average Bonchev–Trinajstić information content (AvgIpc) is 2.28. The van der Waals surface area contributed by atoms with Crippen molar-refractivity contribution in [2.24, 2.45) is 5.84 Å². The van der Waals surface area contributed by atoms with Gasteiger partial charge >= 0.3 is 5.97 Å². The van der Waals surface area contributed by atoms with E-state index < -0.39 is 11.4 Å². The summed E-state index contributed by atoms with van der Waals surface area (Å²) in [5.74, 6) is 4.43. The highest BCUT2D eigenvalue weighted by atomic mass is 16.4. The van der Waals surface area contributed by atoms with Gasteiger partial charge in [-0.05, 0) is 31.0 Å². The van der Waals surface area contributed by atoms with Crippen LogP contribution in [0.15, 0.2) is 24.3 Å². The van der Waals surface area contributed by atoms with Gasteiger partial charge in [-0.1, -0.05) is 19.1 Å². The molecule has 0 fully saturated rings. The number of carbonyl (C=O) groups is 1. The summed E-state index contributed by atoms with van der Waals surface area (Å²) in [6, 6.07) is 7.11. The highest BCUT2D eigenvalue weighted by molar-refractivity contribution is 5.80. The van der Waals surface area contributed by atoms with E-state index in [1.807, 2.05) is 6.92 Å². The van der Waals surface area contributed by atoms with Gasteiger partial charge in [0.2, 0.25) is 0 Å². The summed E-state index contributed by atoms with van der Waals surface area (Å²) < 4.78 is 0. The Morgan fingerprint density at radius 3 is 2.33 bits per heavy atom. The van der Waals surface area contributed by atoms with E-state index in [1.54, 1.807) is 31.2 Å². The first kappa shape index (κ1) is 11.5. The van der Waals surface area contributed by atoms with Gasteiger partial charge in [0.1, 0.15) is 0 Å². The normalized spacial score (nSPS) is 14.3. The molecular weight excluding hydrogens is 192 g/mol. The molecule has 15 heavy (non-hydrogen) atoms. The van der Waals surface area contributed by atoms with Crippen molar-refractivity contribution in [2.45, 2.75) is 25.7 Å². The minimum Gasteiger partial charge on any atom is -0.481 e. The Morgan fingerprint density at radius 2 is 2.00 bits per heavy atom. The molecule has 0 aliphatic carbocycles. The van der Waals surface area contributed by atoms with Crippen LogP contribution in [0.1, 0.15) is 25.8 Å². The topological polar surface area (TPSA) is 75.3 Å². The molecule has 4 nitrogen and oxygen atoms in total. The second-order valence-electron chi connectivity index (χ2n) is 3.71. The van der Waals surface area contributed by atoms with Crippen molar-refractivity contribution in [3.63, 3.8) is 0 Å². The summed E-state index contributed by atoms with van der Waals surface area (Å²) in [5, 5.41) is 9.17. The van der Waals surface area contributed by atoms with Crippen molar-refractivity contribution in [3.05, 3.63) is 29.8 Å². The molecule has 0 amide bonds. The van der Waals surface area contributed by atoms with E-state index in [-0.39, 0.29) is 0 Å². The third kappa shape index (κ3) is 2.10. The molecule has 1 aromatic rings. The first-order chi connectivity index (χ1) is 7.04. The van der Waals surface area contributed by atoms with Crippen LogP contribution in [0, 0.1) is 0 Å². The fourth-order valence-corrected chi connectivity index (χ4v) is 1.41. The maximum atomic E-state index is 11.2. The Kier molecular flexibility index (Phi) is 3.31. The largest absolute Gasteiger partial charge is 0.481 e. The van der Waals surface area contributed by atoms with Crippen LogP contribution in [0.4, 0.5) is 5.69 Å². The maximum Gasteiger partial charge on any atom is 0.313 e. The van der Waals surface area contributed by atoms with E-state index in [9.17, 15) is 9.90 Å². The third-order valence-electron chi connectivity index (χ3n) is 2.87. The monoisotopic (exact) mass is 208 g/mol. The van der Waals surface area contributed by atoms with Gasteiger partial charge in [0.25, 0.3) is 0 Å². The summed E-state index contributed by atoms with van der Waals surface area (Å²) in [6.45, 7) is 3.59. The molecular formula is C11H16N2O2. The van der Waals surface area contributed by atoms with Crippen LogP contribution >= 0.6 is 0 Å².